The third kappa shape index (κ3) is 5.49. The van der Waals surface area contributed by atoms with E-state index in [1.807, 2.05) is 27.7 Å². The minimum atomic E-state index is -3.75. The Bertz CT molecular complexity index is 580. The van der Waals surface area contributed by atoms with Crippen LogP contribution in [0.25, 0.3) is 0 Å². The molecule has 1 aromatic carbocycles. The maximum absolute atomic E-state index is 11.6. The van der Waals surface area contributed by atoms with Crippen molar-refractivity contribution in [1.82, 2.24) is 0 Å². The lowest BCUT2D eigenvalue weighted by atomic mass is 10.0. The monoisotopic (exact) mass is 334 g/mol. The SMILES string of the molecule is Cc1cc(OCCOC(C)C)c(C(C)C)cc1S(=O)(=O)Cl. The van der Waals surface area contributed by atoms with Crippen molar-refractivity contribution in [3.05, 3.63) is 23.3 Å². The lowest BCUT2D eigenvalue weighted by Gasteiger charge is -2.17. The maximum Gasteiger partial charge on any atom is 0.261 e. The topological polar surface area (TPSA) is 52.6 Å². The Hall–Kier alpha value is -0.780. The van der Waals surface area contributed by atoms with Crippen LogP contribution in [0, 0.1) is 6.92 Å². The van der Waals surface area contributed by atoms with E-state index in [4.69, 9.17) is 20.2 Å². The predicted octanol–water partition coefficient (Wildman–Crippen LogP) is 3.85. The molecule has 0 N–H and O–H groups in total. The molecule has 0 bridgehead atoms. The van der Waals surface area contributed by atoms with E-state index >= 15 is 0 Å². The van der Waals surface area contributed by atoms with Gasteiger partial charge in [0.15, 0.2) is 0 Å². The highest BCUT2D eigenvalue weighted by Crippen LogP contribution is 2.33. The lowest BCUT2D eigenvalue weighted by Crippen LogP contribution is -2.12. The summed E-state index contributed by atoms with van der Waals surface area (Å²) in [5.74, 6) is 0.808. The fraction of sp³-hybridized carbons (Fsp3) is 0.600. The summed E-state index contributed by atoms with van der Waals surface area (Å²) < 4.78 is 34.3. The first kappa shape index (κ1) is 18.3. The van der Waals surface area contributed by atoms with Crippen LogP contribution >= 0.6 is 10.7 Å². The van der Waals surface area contributed by atoms with Crippen LogP contribution < -0.4 is 4.74 Å². The molecule has 1 rings (SSSR count). The molecule has 0 aliphatic carbocycles. The fourth-order valence-electron chi connectivity index (χ4n) is 1.95. The Kier molecular flexibility index (Phi) is 6.50. The van der Waals surface area contributed by atoms with Crippen molar-refractivity contribution in [3.8, 4) is 5.75 Å². The first-order valence-corrected chi connectivity index (χ1v) is 9.27. The average molecular weight is 335 g/mol. The van der Waals surface area contributed by atoms with Gasteiger partial charge in [0.05, 0.1) is 17.6 Å². The molecule has 0 saturated carbocycles. The van der Waals surface area contributed by atoms with Crippen LogP contribution in [0.15, 0.2) is 17.0 Å². The molecular formula is C15H23ClO4S. The van der Waals surface area contributed by atoms with Crippen LogP contribution in [0.2, 0.25) is 0 Å². The molecule has 0 aliphatic heterocycles. The summed E-state index contributed by atoms with van der Waals surface area (Å²) in [5, 5.41) is 0. The molecule has 0 spiro atoms. The number of halogens is 1. The van der Waals surface area contributed by atoms with E-state index in [-0.39, 0.29) is 16.9 Å². The number of hydrogen-bond acceptors (Lipinski definition) is 4. The van der Waals surface area contributed by atoms with Crippen molar-refractivity contribution in [3.63, 3.8) is 0 Å². The van der Waals surface area contributed by atoms with Crippen LogP contribution in [0.4, 0.5) is 0 Å². The molecule has 0 aliphatic rings. The molecule has 21 heavy (non-hydrogen) atoms. The number of ether oxygens (including phenoxy) is 2. The third-order valence-corrected chi connectivity index (χ3v) is 4.45. The van der Waals surface area contributed by atoms with Gasteiger partial charge < -0.3 is 9.47 Å². The van der Waals surface area contributed by atoms with Gasteiger partial charge in [-0.3, -0.25) is 0 Å². The second kappa shape index (κ2) is 7.47. The molecule has 0 aromatic heterocycles. The summed E-state index contributed by atoms with van der Waals surface area (Å²) in [6, 6.07) is 3.32. The van der Waals surface area contributed by atoms with Crippen molar-refractivity contribution in [2.24, 2.45) is 0 Å². The molecule has 0 saturated heterocycles. The Balaban J connectivity index is 3.01. The summed E-state index contributed by atoms with van der Waals surface area (Å²) in [4.78, 5) is 0.138. The van der Waals surface area contributed by atoms with Gasteiger partial charge in [0.1, 0.15) is 12.4 Å². The zero-order valence-electron chi connectivity index (χ0n) is 13.1. The normalized spacial score (nSPS) is 12.2. The molecule has 0 fully saturated rings. The van der Waals surface area contributed by atoms with Crippen LogP contribution in [0.3, 0.4) is 0 Å². The van der Waals surface area contributed by atoms with Crippen molar-refractivity contribution in [2.45, 2.75) is 51.5 Å². The van der Waals surface area contributed by atoms with E-state index in [0.29, 0.717) is 24.5 Å². The van der Waals surface area contributed by atoms with Crippen LogP contribution in [-0.4, -0.2) is 27.7 Å². The minimum absolute atomic E-state index is 0.129. The van der Waals surface area contributed by atoms with E-state index in [0.717, 1.165) is 5.56 Å². The van der Waals surface area contributed by atoms with Gasteiger partial charge in [0, 0.05) is 10.7 Å². The van der Waals surface area contributed by atoms with Gasteiger partial charge in [0.25, 0.3) is 9.05 Å². The lowest BCUT2D eigenvalue weighted by molar-refractivity contribution is 0.0550. The Morgan fingerprint density at radius 3 is 2.24 bits per heavy atom. The minimum Gasteiger partial charge on any atom is -0.491 e. The largest absolute Gasteiger partial charge is 0.491 e. The standard InChI is InChI=1S/C15H23ClO4S/c1-10(2)13-9-15(21(16,17)18)12(5)8-14(13)20-7-6-19-11(3)4/h8-11H,6-7H2,1-5H3. The summed E-state index contributed by atoms with van der Waals surface area (Å²) in [7, 11) is 1.72. The number of rotatable bonds is 7. The summed E-state index contributed by atoms with van der Waals surface area (Å²) in [6.07, 6.45) is 0.156. The van der Waals surface area contributed by atoms with E-state index in [9.17, 15) is 8.42 Å². The highest BCUT2D eigenvalue weighted by molar-refractivity contribution is 8.13. The Morgan fingerprint density at radius 2 is 1.76 bits per heavy atom. The van der Waals surface area contributed by atoms with E-state index in [1.54, 1.807) is 19.1 Å². The molecule has 1 aromatic rings. The highest BCUT2D eigenvalue weighted by Gasteiger charge is 2.19. The molecule has 0 radical (unpaired) electrons. The van der Waals surface area contributed by atoms with Gasteiger partial charge in [-0.05, 0) is 49.9 Å². The molecule has 0 atom stereocenters. The van der Waals surface area contributed by atoms with Gasteiger partial charge >= 0.3 is 0 Å². The average Bonchev–Trinajstić information content (AvgIpc) is 2.32. The summed E-state index contributed by atoms with van der Waals surface area (Å²) in [6.45, 7) is 10.5. The Morgan fingerprint density at radius 1 is 1.14 bits per heavy atom. The van der Waals surface area contributed by atoms with Crippen molar-refractivity contribution in [2.75, 3.05) is 13.2 Å². The summed E-state index contributed by atoms with van der Waals surface area (Å²) >= 11 is 0. The molecule has 6 heteroatoms. The zero-order valence-corrected chi connectivity index (χ0v) is 14.7. The van der Waals surface area contributed by atoms with Crippen LogP contribution in [-0.2, 0) is 13.8 Å². The van der Waals surface area contributed by atoms with Crippen LogP contribution in [0.5, 0.6) is 5.75 Å². The van der Waals surface area contributed by atoms with E-state index in [2.05, 4.69) is 0 Å². The van der Waals surface area contributed by atoms with Crippen molar-refractivity contribution < 1.29 is 17.9 Å². The van der Waals surface area contributed by atoms with Gasteiger partial charge in [-0.25, -0.2) is 8.42 Å². The smallest absolute Gasteiger partial charge is 0.261 e. The Labute approximate surface area is 131 Å². The molecule has 0 amide bonds. The molecule has 0 heterocycles. The number of hydrogen-bond donors (Lipinski definition) is 0. The highest BCUT2D eigenvalue weighted by atomic mass is 35.7. The predicted molar refractivity (Wildman–Crippen MR) is 84.9 cm³/mol. The third-order valence-electron chi connectivity index (χ3n) is 2.98. The first-order valence-electron chi connectivity index (χ1n) is 6.96. The van der Waals surface area contributed by atoms with Crippen molar-refractivity contribution in [1.29, 1.82) is 0 Å². The van der Waals surface area contributed by atoms with Gasteiger partial charge in [-0.15, -0.1) is 0 Å². The number of aryl methyl sites for hydroxylation is 1. The van der Waals surface area contributed by atoms with Crippen LogP contribution in [0.1, 0.15) is 44.7 Å². The van der Waals surface area contributed by atoms with Gasteiger partial charge in [-0.2, -0.15) is 0 Å². The van der Waals surface area contributed by atoms with E-state index in [1.165, 1.54) is 0 Å². The van der Waals surface area contributed by atoms with Gasteiger partial charge in [0.2, 0.25) is 0 Å². The molecule has 0 unspecified atom stereocenters. The number of benzene rings is 1. The van der Waals surface area contributed by atoms with Gasteiger partial charge in [-0.1, -0.05) is 13.8 Å². The maximum atomic E-state index is 11.6. The quantitative estimate of drug-likeness (QED) is 0.561. The van der Waals surface area contributed by atoms with E-state index < -0.39 is 9.05 Å². The second-order valence-electron chi connectivity index (χ2n) is 5.52. The molecular weight excluding hydrogens is 312 g/mol. The summed E-state index contributed by atoms with van der Waals surface area (Å²) in [5.41, 5.74) is 1.40. The molecule has 120 valence electrons. The first-order chi connectivity index (χ1) is 9.62. The van der Waals surface area contributed by atoms with Crippen molar-refractivity contribution >= 4 is 19.7 Å². The zero-order chi connectivity index (χ0) is 16.2. The fourth-order valence-corrected chi connectivity index (χ4v) is 3.16. The molecule has 4 nitrogen and oxygen atoms in total. The second-order valence-corrected chi connectivity index (χ2v) is 8.05.